The smallest absolute Gasteiger partial charge is 0.257 e. The molecule has 7 heteroatoms. The molecule has 3 heterocycles. The number of carbonyl (C=O) groups is 2. The maximum Gasteiger partial charge on any atom is 0.257 e. The van der Waals surface area contributed by atoms with E-state index in [0.717, 1.165) is 36.3 Å². The molecule has 1 spiro atoms. The van der Waals surface area contributed by atoms with Crippen molar-refractivity contribution >= 4 is 23.3 Å². The summed E-state index contributed by atoms with van der Waals surface area (Å²) in [6, 6.07) is 21.3. The number of likely N-dealkylation sites (tertiary alicyclic amines) is 1. The Hall–Kier alpha value is -3.87. The summed E-state index contributed by atoms with van der Waals surface area (Å²) in [4.78, 5) is 32.8. The first kappa shape index (κ1) is 22.9. The van der Waals surface area contributed by atoms with Crippen LogP contribution < -0.4 is 15.4 Å². The minimum atomic E-state index is -0.465. The molecule has 7 nitrogen and oxygen atoms in total. The number of amides is 2. The quantitative estimate of drug-likeness (QED) is 0.574. The fourth-order valence-corrected chi connectivity index (χ4v) is 5.37. The van der Waals surface area contributed by atoms with Crippen molar-refractivity contribution in [2.75, 3.05) is 25.5 Å². The Labute approximate surface area is 205 Å². The van der Waals surface area contributed by atoms with Crippen LogP contribution in [-0.4, -0.2) is 47.4 Å². The van der Waals surface area contributed by atoms with E-state index in [-0.39, 0.29) is 17.7 Å². The van der Waals surface area contributed by atoms with Crippen molar-refractivity contribution in [1.29, 1.82) is 0 Å². The molecule has 180 valence electrons. The number of ether oxygens (including phenoxy) is 1. The number of rotatable bonds is 5. The fraction of sp³-hybridized carbons (Fsp3) is 0.321. The number of carbonyl (C=O) groups excluding carboxylic acids is 2. The first-order valence-electron chi connectivity index (χ1n) is 12.1. The van der Waals surface area contributed by atoms with Crippen LogP contribution in [0.1, 0.15) is 47.5 Å². The van der Waals surface area contributed by atoms with Crippen LogP contribution in [0.3, 0.4) is 0 Å². The third-order valence-electron chi connectivity index (χ3n) is 7.07. The van der Waals surface area contributed by atoms with E-state index in [9.17, 15) is 9.59 Å². The van der Waals surface area contributed by atoms with Gasteiger partial charge in [0, 0.05) is 43.4 Å². The van der Waals surface area contributed by atoms with Crippen molar-refractivity contribution < 1.29 is 14.3 Å². The Bertz CT molecular complexity index is 1220. The molecule has 2 aliphatic rings. The molecule has 2 aliphatic heterocycles. The van der Waals surface area contributed by atoms with Crippen LogP contribution in [-0.2, 0) is 4.79 Å². The van der Waals surface area contributed by atoms with Crippen LogP contribution in [0.25, 0.3) is 0 Å². The van der Waals surface area contributed by atoms with Gasteiger partial charge in [0.1, 0.15) is 11.6 Å². The van der Waals surface area contributed by atoms with Crippen molar-refractivity contribution in [2.45, 2.75) is 37.1 Å². The van der Waals surface area contributed by atoms with Crippen LogP contribution in [0.5, 0.6) is 5.75 Å². The van der Waals surface area contributed by atoms with Crippen LogP contribution in [0.4, 0.5) is 11.5 Å². The maximum atomic E-state index is 13.9. The van der Waals surface area contributed by atoms with Crippen molar-refractivity contribution in [3.8, 4) is 5.75 Å². The van der Waals surface area contributed by atoms with E-state index in [4.69, 9.17) is 4.74 Å². The zero-order chi connectivity index (χ0) is 24.3. The van der Waals surface area contributed by atoms with Gasteiger partial charge in [0.25, 0.3) is 5.91 Å². The van der Waals surface area contributed by atoms with E-state index in [2.05, 4.69) is 27.8 Å². The van der Waals surface area contributed by atoms with Crippen molar-refractivity contribution in [1.82, 2.24) is 15.2 Å². The number of aromatic nitrogens is 1. The van der Waals surface area contributed by atoms with Crippen LogP contribution in [0.15, 0.2) is 72.9 Å². The van der Waals surface area contributed by atoms with Gasteiger partial charge in [-0.25, -0.2) is 4.98 Å². The topological polar surface area (TPSA) is 83.6 Å². The van der Waals surface area contributed by atoms with Gasteiger partial charge in [-0.05, 0) is 42.7 Å². The van der Waals surface area contributed by atoms with Gasteiger partial charge in [0.15, 0.2) is 0 Å². The van der Waals surface area contributed by atoms with E-state index in [1.165, 1.54) is 0 Å². The lowest BCUT2D eigenvalue weighted by Crippen LogP contribution is -2.52. The molecule has 2 atom stereocenters. The Morgan fingerprint density at radius 2 is 1.97 bits per heavy atom. The molecular formula is C28H30N4O3. The molecule has 0 radical (unpaired) electrons. The summed E-state index contributed by atoms with van der Waals surface area (Å²) in [7, 11) is 1.62. The molecule has 2 fully saturated rings. The Morgan fingerprint density at radius 3 is 2.80 bits per heavy atom. The highest BCUT2D eigenvalue weighted by Gasteiger charge is 2.50. The molecule has 0 saturated carbocycles. The summed E-state index contributed by atoms with van der Waals surface area (Å²) in [5.41, 5.74) is 1.96. The first-order chi connectivity index (χ1) is 17.1. The van der Waals surface area contributed by atoms with Crippen molar-refractivity contribution in [2.24, 2.45) is 0 Å². The molecule has 0 bridgehead atoms. The standard InChI is InChI=1S/C28H30N4O3/c1-35-22-12-7-11-21(17-22)30-26-23(13-8-16-29-26)27(34)32-18-24(20-9-3-2-4-10-20)28(19-32)15-6-5-14-25(33)31-28/h2-4,7-13,16-17,24H,5-6,14-15,18-19H2,1H3,(H,29,30)(H,31,33)/t24-,28+/m0/s1. The lowest BCUT2D eigenvalue weighted by molar-refractivity contribution is -0.122. The second kappa shape index (κ2) is 9.78. The summed E-state index contributed by atoms with van der Waals surface area (Å²) in [5, 5.41) is 6.60. The van der Waals surface area contributed by atoms with Crippen LogP contribution >= 0.6 is 0 Å². The van der Waals surface area contributed by atoms with Crippen molar-refractivity contribution in [3.63, 3.8) is 0 Å². The largest absolute Gasteiger partial charge is 0.497 e. The van der Waals surface area contributed by atoms with Crippen molar-refractivity contribution in [3.05, 3.63) is 84.1 Å². The fourth-order valence-electron chi connectivity index (χ4n) is 5.37. The first-order valence-corrected chi connectivity index (χ1v) is 12.1. The summed E-state index contributed by atoms with van der Waals surface area (Å²) in [6.45, 7) is 1.02. The number of pyridine rings is 1. The van der Waals surface area contributed by atoms with Gasteiger partial charge in [-0.3, -0.25) is 9.59 Å². The minimum absolute atomic E-state index is 0.0289. The van der Waals surface area contributed by atoms with Gasteiger partial charge < -0.3 is 20.3 Å². The lowest BCUT2D eigenvalue weighted by Gasteiger charge is -2.34. The molecule has 2 amide bonds. The number of nitrogens with zero attached hydrogens (tertiary/aromatic N) is 2. The van der Waals surface area contributed by atoms with E-state index in [1.807, 2.05) is 47.4 Å². The molecule has 3 aromatic rings. The van der Waals surface area contributed by atoms with E-state index >= 15 is 0 Å². The highest BCUT2D eigenvalue weighted by Crippen LogP contribution is 2.41. The van der Waals surface area contributed by atoms with Gasteiger partial charge in [-0.1, -0.05) is 42.8 Å². The van der Waals surface area contributed by atoms with E-state index in [0.29, 0.717) is 30.9 Å². The summed E-state index contributed by atoms with van der Waals surface area (Å²) < 4.78 is 5.32. The molecule has 0 aliphatic carbocycles. The number of hydrogen-bond donors (Lipinski definition) is 2. The summed E-state index contributed by atoms with van der Waals surface area (Å²) in [6.07, 6.45) is 4.89. The molecule has 2 N–H and O–H groups in total. The molecular weight excluding hydrogens is 440 g/mol. The summed E-state index contributed by atoms with van der Waals surface area (Å²) in [5.74, 6) is 1.21. The third-order valence-corrected chi connectivity index (χ3v) is 7.07. The van der Waals surface area contributed by atoms with Gasteiger partial charge in [-0.2, -0.15) is 0 Å². The minimum Gasteiger partial charge on any atom is -0.497 e. The molecule has 2 aromatic carbocycles. The SMILES string of the molecule is COc1cccc(Nc2ncccc2C(=O)N2C[C@@H](c3ccccc3)[C@@]3(CCCCC(=O)N3)C2)c1. The van der Waals surface area contributed by atoms with Gasteiger partial charge in [0.05, 0.1) is 18.2 Å². The normalized spacial score (nSPS) is 21.9. The zero-order valence-electron chi connectivity index (χ0n) is 19.9. The van der Waals surface area contributed by atoms with Crippen LogP contribution in [0.2, 0.25) is 0 Å². The molecule has 35 heavy (non-hydrogen) atoms. The Kier molecular flexibility index (Phi) is 6.40. The van der Waals surface area contributed by atoms with Crippen LogP contribution in [0, 0.1) is 0 Å². The number of benzene rings is 2. The maximum absolute atomic E-state index is 13.9. The monoisotopic (exact) mass is 470 g/mol. The predicted molar refractivity (Wildman–Crippen MR) is 135 cm³/mol. The zero-order valence-corrected chi connectivity index (χ0v) is 19.9. The van der Waals surface area contributed by atoms with E-state index in [1.54, 1.807) is 25.4 Å². The second-order valence-corrected chi connectivity index (χ2v) is 9.32. The highest BCUT2D eigenvalue weighted by molar-refractivity contribution is 5.99. The third kappa shape index (κ3) is 4.71. The molecule has 0 unspecified atom stereocenters. The number of anilines is 2. The predicted octanol–water partition coefficient (Wildman–Crippen LogP) is 4.50. The van der Waals surface area contributed by atoms with Gasteiger partial charge >= 0.3 is 0 Å². The number of methoxy groups -OCH3 is 1. The second-order valence-electron chi connectivity index (χ2n) is 9.32. The summed E-state index contributed by atoms with van der Waals surface area (Å²) >= 11 is 0. The highest BCUT2D eigenvalue weighted by atomic mass is 16.5. The Balaban J connectivity index is 1.45. The number of hydrogen-bond acceptors (Lipinski definition) is 5. The Morgan fingerprint density at radius 1 is 1.11 bits per heavy atom. The lowest BCUT2D eigenvalue weighted by atomic mass is 9.79. The average Bonchev–Trinajstić information content (AvgIpc) is 3.15. The molecule has 5 rings (SSSR count). The van der Waals surface area contributed by atoms with Gasteiger partial charge in [0.2, 0.25) is 5.91 Å². The average molecular weight is 471 g/mol. The number of nitrogens with one attached hydrogen (secondary N) is 2. The molecule has 1 aromatic heterocycles. The van der Waals surface area contributed by atoms with Gasteiger partial charge in [-0.15, -0.1) is 0 Å². The molecule has 2 saturated heterocycles. The van der Waals surface area contributed by atoms with E-state index < -0.39 is 5.54 Å².